The van der Waals surface area contributed by atoms with Crippen LogP contribution in [0.2, 0.25) is 0 Å². The van der Waals surface area contributed by atoms with Crippen molar-refractivity contribution in [1.82, 2.24) is 5.32 Å². The van der Waals surface area contributed by atoms with Crippen LogP contribution in [-0.4, -0.2) is 24.9 Å². The van der Waals surface area contributed by atoms with Crippen LogP contribution in [0.1, 0.15) is 35.9 Å². The van der Waals surface area contributed by atoms with Crippen molar-refractivity contribution in [3.8, 4) is 0 Å². The molecule has 138 valence electrons. The first-order chi connectivity index (χ1) is 12.6. The molecular weight excluding hydrogens is 346 g/mol. The Kier molecular flexibility index (Phi) is 6.41. The Morgan fingerprint density at radius 1 is 1.19 bits per heavy atom. The van der Waals surface area contributed by atoms with Gasteiger partial charge in [0.2, 0.25) is 5.91 Å². The molecule has 0 spiro atoms. The molecule has 2 atom stereocenters. The molecule has 1 fully saturated rings. The summed E-state index contributed by atoms with van der Waals surface area (Å²) in [5.74, 6) is 0.697. The minimum Gasteiger partial charge on any atom is -0.324 e. The zero-order valence-corrected chi connectivity index (χ0v) is 15.8. The van der Waals surface area contributed by atoms with Crippen LogP contribution >= 0.6 is 11.3 Å². The van der Waals surface area contributed by atoms with Crippen LogP contribution in [0.25, 0.3) is 0 Å². The van der Waals surface area contributed by atoms with Crippen LogP contribution in [0.3, 0.4) is 0 Å². The van der Waals surface area contributed by atoms with E-state index in [2.05, 4.69) is 22.9 Å². The SMILES string of the molecule is CC(CC(=O)Nc1ccccc1NC(=O)c1cccs1)C1CCCNC1. The number of piperidine rings is 1. The first-order valence-corrected chi connectivity index (χ1v) is 9.96. The molecule has 3 rings (SSSR count). The third-order valence-electron chi connectivity index (χ3n) is 4.84. The lowest BCUT2D eigenvalue weighted by molar-refractivity contribution is -0.117. The van der Waals surface area contributed by atoms with Gasteiger partial charge in [-0.15, -0.1) is 11.3 Å². The predicted molar refractivity (Wildman–Crippen MR) is 107 cm³/mol. The third-order valence-corrected chi connectivity index (χ3v) is 5.71. The van der Waals surface area contributed by atoms with Crippen LogP contribution in [0.4, 0.5) is 11.4 Å². The molecule has 1 saturated heterocycles. The van der Waals surface area contributed by atoms with Crippen LogP contribution < -0.4 is 16.0 Å². The summed E-state index contributed by atoms with van der Waals surface area (Å²) < 4.78 is 0. The van der Waals surface area contributed by atoms with Crippen LogP contribution in [0, 0.1) is 11.8 Å². The molecule has 1 aliphatic rings. The molecule has 0 radical (unpaired) electrons. The lowest BCUT2D eigenvalue weighted by Crippen LogP contribution is -2.34. The van der Waals surface area contributed by atoms with Gasteiger partial charge in [-0.05, 0) is 61.3 Å². The Hall–Kier alpha value is -2.18. The summed E-state index contributed by atoms with van der Waals surface area (Å²) in [6.45, 7) is 4.20. The highest BCUT2D eigenvalue weighted by molar-refractivity contribution is 7.12. The molecule has 3 N–H and O–H groups in total. The summed E-state index contributed by atoms with van der Waals surface area (Å²) in [6, 6.07) is 10.9. The third kappa shape index (κ3) is 4.93. The first-order valence-electron chi connectivity index (χ1n) is 9.08. The van der Waals surface area contributed by atoms with Gasteiger partial charge in [0.05, 0.1) is 16.3 Å². The Bertz CT molecular complexity index is 739. The van der Waals surface area contributed by atoms with Crippen molar-refractivity contribution in [2.24, 2.45) is 11.8 Å². The molecule has 0 bridgehead atoms. The van der Waals surface area contributed by atoms with Gasteiger partial charge in [-0.1, -0.05) is 25.1 Å². The van der Waals surface area contributed by atoms with Crippen LogP contribution in [0.5, 0.6) is 0 Å². The standard InChI is InChI=1S/C20H25N3O2S/c1-14(15-6-4-10-21-13-15)12-19(24)22-16-7-2-3-8-17(16)23-20(25)18-9-5-11-26-18/h2-3,5,7-9,11,14-15,21H,4,6,10,12-13H2,1H3,(H,22,24)(H,23,25). The fraction of sp³-hybridized carbons (Fsp3) is 0.400. The first kappa shape index (κ1) is 18.6. The summed E-state index contributed by atoms with van der Waals surface area (Å²) in [5, 5.41) is 11.1. The van der Waals surface area contributed by atoms with Gasteiger partial charge in [0, 0.05) is 6.42 Å². The number of rotatable bonds is 6. The van der Waals surface area contributed by atoms with Gasteiger partial charge in [0.1, 0.15) is 0 Å². The molecule has 2 unspecified atom stereocenters. The fourth-order valence-corrected chi connectivity index (χ4v) is 3.94. The summed E-state index contributed by atoms with van der Waals surface area (Å²) >= 11 is 1.39. The predicted octanol–water partition coefficient (Wildman–Crippen LogP) is 3.96. The second-order valence-corrected chi connectivity index (χ2v) is 7.76. The second-order valence-electron chi connectivity index (χ2n) is 6.81. The maximum Gasteiger partial charge on any atom is 0.265 e. The number of thiophene rings is 1. The highest BCUT2D eigenvalue weighted by Gasteiger charge is 2.22. The molecular formula is C20H25N3O2S. The number of anilines is 2. The Labute approximate surface area is 158 Å². The summed E-state index contributed by atoms with van der Waals surface area (Å²) in [6.07, 6.45) is 2.84. The Balaban J connectivity index is 1.60. The van der Waals surface area contributed by atoms with E-state index in [0.29, 0.717) is 34.5 Å². The van der Waals surface area contributed by atoms with E-state index in [-0.39, 0.29) is 11.8 Å². The van der Waals surface area contributed by atoms with E-state index in [1.165, 1.54) is 24.2 Å². The van der Waals surface area contributed by atoms with Gasteiger partial charge in [-0.2, -0.15) is 0 Å². The number of hydrogen-bond donors (Lipinski definition) is 3. The van der Waals surface area contributed by atoms with E-state index in [0.717, 1.165) is 13.1 Å². The molecule has 5 nitrogen and oxygen atoms in total. The van der Waals surface area contributed by atoms with Crippen molar-refractivity contribution >= 4 is 34.5 Å². The average molecular weight is 372 g/mol. The van der Waals surface area contributed by atoms with Crippen molar-refractivity contribution < 1.29 is 9.59 Å². The van der Waals surface area contributed by atoms with Crippen molar-refractivity contribution in [1.29, 1.82) is 0 Å². The highest BCUT2D eigenvalue weighted by atomic mass is 32.1. The minimum absolute atomic E-state index is 0.0131. The lowest BCUT2D eigenvalue weighted by atomic mass is 9.85. The number of benzene rings is 1. The van der Waals surface area contributed by atoms with E-state index < -0.39 is 0 Å². The molecule has 1 aliphatic heterocycles. The van der Waals surface area contributed by atoms with E-state index >= 15 is 0 Å². The van der Waals surface area contributed by atoms with Gasteiger partial charge in [0.15, 0.2) is 0 Å². The van der Waals surface area contributed by atoms with E-state index in [4.69, 9.17) is 0 Å². The van der Waals surface area contributed by atoms with Gasteiger partial charge in [-0.25, -0.2) is 0 Å². The summed E-state index contributed by atoms with van der Waals surface area (Å²) in [4.78, 5) is 25.4. The van der Waals surface area contributed by atoms with Gasteiger partial charge < -0.3 is 16.0 Å². The maximum atomic E-state index is 12.5. The zero-order chi connectivity index (χ0) is 18.4. The Morgan fingerprint density at radius 3 is 2.62 bits per heavy atom. The van der Waals surface area contributed by atoms with Crippen LogP contribution in [0.15, 0.2) is 41.8 Å². The largest absolute Gasteiger partial charge is 0.324 e. The molecule has 1 aromatic carbocycles. The average Bonchev–Trinajstić information content (AvgIpc) is 3.19. The normalized spacial score (nSPS) is 18.1. The number of para-hydroxylation sites is 2. The monoisotopic (exact) mass is 371 g/mol. The minimum atomic E-state index is -0.164. The topological polar surface area (TPSA) is 70.2 Å². The Morgan fingerprint density at radius 2 is 1.96 bits per heavy atom. The lowest BCUT2D eigenvalue weighted by Gasteiger charge is -2.28. The molecule has 6 heteroatoms. The molecule has 26 heavy (non-hydrogen) atoms. The second kappa shape index (κ2) is 8.96. The number of amides is 2. The summed E-state index contributed by atoms with van der Waals surface area (Å²) in [7, 11) is 0. The van der Waals surface area contributed by atoms with Gasteiger partial charge in [0.25, 0.3) is 5.91 Å². The summed E-state index contributed by atoms with van der Waals surface area (Å²) in [5.41, 5.74) is 1.25. The van der Waals surface area contributed by atoms with Gasteiger partial charge in [-0.3, -0.25) is 9.59 Å². The zero-order valence-electron chi connectivity index (χ0n) is 15.0. The van der Waals surface area contributed by atoms with Crippen molar-refractivity contribution in [2.75, 3.05) is 23.7 Å². The molecule has 0 aliphatic carbocycles. The van der Waals surface area contributed by atoms with Crippen molar-refractivity contribution in [3.63, 3.8) is 0 Å². The molecule has 0 saturated carbocycles. The molecule has 2 amide bonds. The molecule has 2 heterocycles. The quantitative estimate of drug-likeness (QED) is 0.720. The number of carbonyl (C=O) groups excluding carboxylic acids is 2. The number of carbonyl (C=O) groups is 2. The van der Waals surface area contributed by atoms with Crippen molar-refractivity contribution in [2.45, 2.75) is 26.2 Å². The molecule has 1 aromatic heterocycles. The number of hydrogen-bond acceptors (Lipinski definition) is 4. The van der Waals surface area contributed by atoms with Crippen LogP contribution in [-0.2, 0) is 4.79 Å². The highest BCUT2D eigenvalue weighted by Crippen LogP contribution is 2.26. The fourth-order valence-electron chi connectivity index (χ4n) is 3.32. The van der Waals surface area contributed by atoms with E-state index in [1.54, 1.807) is 12.1 Å². The smallest absolute Gasteiger partial charge is 0.265 e. The number of nitrogens with one attached hydrogen (secondary N) is 3. The van der Waals surface area contributed by atoms with Gasteiger partial charge >= 0.3 is 0 Å². The van der Waals surface area contributed by atoms with E-state index in [1.807, 2.05) is 29.6 Å². The maximum absolute atomic E-state index is 12.5. The van der Waals surface area contributed by atoms with Crippen molar-refractivity contribution in [3.05, 3.63) is 46.7 Å². The van der Waals surface area contributed by atoms with E-state index in [9.17, 15) is 9.59 Å². The molecule has 2 aromatic rings.